The molecule has 2 aromatic rings. The fourth-order valence-corrected chi connectivity index (χ4v) is 3.29. The number of hydrogen-bond acceptors (Lipinski definition) is 4. The molecule has 156 valence electrons. The number of rotatable bonds is 7. The number of anilines is 1. The van der Waals surface area contributed by atoms with Gasteiger partial charge in [0, 0.05) is 17.8 Å². The number of carbonyl (C=O) groups is 4. The average Bonchev–Trinajstić information content (AvgIpc) is 2.97. The zero-order valence-corrected chi connectivity index (χ0v) is 17.4. The van der Waals surface area contributed by atoms with Gasteiger partial charge in [0.1, 0.15) is 0 Å². The molecule has 0 saturated heterocycles. The smallest absolute Gasteiger partial charge is 0.261 e. The van der Waals surface area contributed by atoms with Crippen molar-refractivity contribution < 1.29 is 19.2 Å². The van der Waals surface area contributed by atoms with E-state index in [-0.39, 0.29) is 35.4 Å². The Hall–Kier alpha value is -3.48. The monoisotopic (exact) mass is 407 g/mol. The molecule has 0 aromatic heterocycles. The predicted molar refractivity (Wildman–Crippen MR) is 114 cm³/mol. The molecule has 0 fully saturated rings. The van der Waals surface area contributed by atoms with Crippen LogP contribution in [0, 0.1) is 13.8 Å². The van der Waals surface area contributed by atoms with Crippen molar-refractivity contribution in [3.8, 4) is 0 Å². The highest BCUT2D eigenvalue weighted by Crippen LogP contribution is 2.24. The fourth-order valence-electron chi connectivity index (χ4n) is 3.29. The van der Waals surface area contributed by atoms with E-state index in [1.165, 1.54) is 23.1 Å². The fraction of sp³-hybridized carbons (Fsp3) is 0.304. The third kappa shape index (κ3) is 4.25. The number of carbonyl (C=O) groups excluding carboxylic acids is 4. The molecule has 1 heterocycles. The van der Waals surface area contributed by atoms with Gasteiger partial charge in [0.25, 0.3) is 17.7 Å². The molecule has 0 atom stereocenters. The van der Waals surface area contributed by atoms with E-state index in [1.54, 1.807) is 6.07 Å². The maximum Gasteiger partial charge on any atom is 0.261 e. The van der Waals surface area contributed by atoms with Gasteiger partial charge in [0.2, 0.25) is 5.91 Å². The summed E-state index contributed by atoms with van der Waals surface area (Å²) in [6.45, 7) is 6.00. The number of nitrogens with one attached hydrogen (secondary N) is 2. The molecule has 3 rings (SSSR count). The van der Waals surface area contributed by atoms with Gasteiger partial charge in [-0.25, -0.2) is 0 Å². The largest absolute Gasteiger partial charge is 0.343 e. The van der Waals surface area contributed by atoms with E-state index in [0.29, 0.717) is 17.8 Å². The second kappa shape index (κ2) is 8.90. The van der Waals surface area contributed by atoms with Gasteiger partial charge in [-0.05, 0) is 55.7 Å². The summed E-state index contributed by atoms with van der Waals surface area (Å²) < 4.78 is 0. The first-order valence-corrected chi connectivity index (χ1v) is 9.98. The molecule has 1 aliphatic heterocycles. The molecule has 0 radical (unpaired) electrons. The molecule has 0 unspecified atom stereocenters. The lowest BCUT2D eigenvalue weighted by Gasteiger charge is -2.12. The number of aryl methyl sites for hydroxylation is 1. The number of nitrogens with zero attached hydrogens (tertiary/aromatic N) is 1. The van der Waals surface area contributed by atoms with Gasteiger partial charge in [-0.1, -0.05) is 25.5 Å². The van der Waals surface area contributed by atoms with Crippen molar-refractivity contribution in [3.63, 3.8) is 0 Å². The minimum Gasteiger partial charge on any atom is -0.343 e. The lowest BCUT2D eigenvalue weighted by Crippen LogP contribution is -2.33. The van der Waals surface area contributed by atoms with Gasteiger partial charge in [0.05, 0.1) is 17.7 Å². The molecule has 0 bridgehead atoms. The maximum absolute atomic E-state index is 12.5. The molecule has 0 spiro atoms. The molecular formula is C23H25N3O4. The summed E-state index contributed by atoms with van der Waals surface area (Å²) in [5, 5.41) is 5.33. The average molecular weight is 407 g/mol. The predicted octanol–water partition coefficient (Wildman–Crippen LogP) is 3.07. The summed E-state index contributed by atoms with van der Waals surface area (Å²) in [7, 11) is 0. The third-order valence-electron chi connectivity index (χ3n) is 5.26. The van der Waals surface area contributed by atoms with Crippen LogP contribution >= 0.6 is 0 Å². The number of hydrogen-bond donors (Lipinski definition) is 2. The zero-order valence-electron chi connectivity index (χ0n) is 17.4. The number of fused-ring (bicyclic) bond motifs is 1. The molecule has 30 heavy (non-hydrogen) atoms. The number of imide groups is 1. The number of unbranched alkanes of at least 4 members (excludes halogenated alkanes) is 1. The highest BCUT2D eigenvalue weighted by Gasteiger charge is 2.35. The van der Waals surface area contributed by atoms with Crippen LogP contribution in [0.15, 0.2) is 36.4 Å². The molecule has 1 aliphatic rings. The Labute approximate surface area is 175 Å². The Kier molecular flexibility index (Phi) is 6.30. The Morgan fingerprint density at radius 2 is 1.73 bits per heavy atom. The van der Waals surface area contributed by atoms with Gasteiger partial charge in [-0.2, -0.15) is 0 Å². The molecular weight excluding hydrogens is 382 g/mol. The van der Waals surface area contributed by atoms with Gasteiger partial charge in [-0.3, -0.25) is 24.1 Å². The molecule has 7 nitrogen and oxygen atoms in total. The standard InChI is InChI=1S/C23H25N3O4/c1-4-5-11-26-22(29)17-10-9-16(12-18(17)23(26)30)21(28)24-13-20(27)25-19-8-6-7-14(2)15(19)3/h6-10,12H,4-5,11,13H2,1-3H3,(H,24,28)(H,25,27). The van der Waals surface area contributed by atoms with Crippen LogP contribution in [-0.2, 0) is 4.79 Å². The van der Waals surface area contributed by atoms with E-state index < -0.39 is 5.91 Å². The van der Waals surface area contributed by atoms with E-state index in [9.17, 15) is 19.2 Å². The third-order valence-corrected chi connectivity index (χ3v) is 5.26. The van der Waals surface area contributed by atoms with Crippen LogP contribution in [0.4, 0.5) is 5.69 Å². The van der Waals surface area contributed by atoms with Crippen LogP contribution < -0.4 is 10.6 Å². The number of benzene rings is 2. The Morgan fingerprint density at radius 3 is 2.47 bits per heavy atom. The van der Waals surface area contributed by atoms with Crippen LogP contribution in [-0.4, -0.2) is 41.6 Å². The highest BCUT2D eigenvalue weighted by atomic mass is 16.2. The first kappa shape index (κ1) is 21.2. The minimum absolute atomic E-state index is 0.210. The van der Waals surface area contributed by atoms with Crippen molar-refractivity contribution in [2.45, 2.75) is 33.6 Å². The molecule has 0 aliphatic carbocycles. The second-order valence-electron chi connectivity index (χ2n) is 7.35. The summed E-state index contributed by atoms with van der Waals surface area (Å²) in [5.41, 5.74) is 3.48. The van der Waals surface area contributed by atoms with Crippen molar-refractivity contribution in [1.29, 1.82) is 0 Å². The van der Waals surface area contributed by atoms with E-state index in [2.05, 4.69) is 10.6 Å². The van der Waals surface area contributed by atoms with Gasteiger partial charge in [0.15, 0.2) is 0 Å². The first-order chi connectivity index (χ1) is 14.3. The molecule has 2 aromatic carbocycles. The van der Waals surface area contributed by atoms with Crippen LogP contribution in [0.5, 0.6) is 0 Å². The molecule has 7 heteroatoms. The van der Waals surface area contributed by atoms with Crippen molar-refractivity contribution in [3.05, 3.63) is 64.2 Å². The SMILES string of the molecule is CCCCN1C(=O)c2ccc(C(=O)NCC(=O)Nc3cccc(C)c3C)cc2C1=O. The van der Waals surface area contributed by atoms with Crippen molar-refractivity contribution in [1.82, 2.24) is 10.2 Å². The molecule has 0 saturated carbocycles. The van der Waals surface area contributed by atoms with Crippen molar-refractivity contribution >= 4 is 29.3 Å². The number of amides is 4. The first-order valence-electron chi connectivity index (χ1n) is 9.98. The summed E-state index contributed by atoms with van der Waals surface area (Å²) in [6, 6.07) is 10.0. The Balaban J connectivity index is 1.64. The van der Waals surface area contributed by atoms with E-state index >= 15 is 0 Å². The highest BCUT2D eigenvalue weighted by molar-refractivity contribution is 6.22. The Morgan fingerprint density at radius 1 is 1.00 bits per heavy atom. The van der Waals surface area contributed by atoms with Crippen molar-refractivity contribution in [2.24, 2.45) is 0 Å². The molecule has 4 amide bonds. The Bertz CT molecular complexity index is 1030. The lowest BCUT2D eigenvalue weighted by atomic mass is 10.1. The second-order valence-corrected chi connectivity index (χ2v) is 7.35. The minimum atomic E-state index is -0.485. The summed E-state index contributed by atoms with van der Waals surface area (Å²) in [5.74, 6) is -1.55. The quantitative estimate of drug-likeness (QED) is 0.690. The van der Waals surface area contributed by atoms with Gasteiger partial charge in [-0.15, -0.1) is 0 Å². The summed E-state index contributed by atoms with van der Waals surface area (Å²) in [4.78, 5) is 50.8. The summed E-state index contributed by atoms with van der Waals surface area (Å²) in [6.07, 6.45) is 1.60. The maximum atomic E-state index is 12.5. The van der Waals surface area contributed by atoms with Crippen LogP contribution in [0.1, 0.15) is 62.0 Å². The normalized spacial score (nSPS) is 12.7. The van der Waals surface area contributed by atoms with Gasteiger partial charge >= 0.3 is 0 Å². The van der Waals surface area contributed by atoms with Crippen molar-refractivity contribution in [2.75, 3.05) is 18.4 Å². The molecule has 2 N–H and O–H groups in total. The topological polar surface area (TPSA) is 95.6 Å². The van der Waals surface area contributed by atoms with Gasteiger partial charge < -0.3 is 10.6 Å². The van der Waals surface area contributed by atoms with Crippen LogP contribution in [0.25, 0.3) is 0 Å². The van der Waals surface area contributed by atoms with Crippen LogP contribution in [0.3, 0.4) is 0 Å². The van der Waals surface area contributed by atoms with E-state index in [1.807, 2.05) is 32.9 Å². The van der Waals surface area contributed by atoms with Crippen LogP contribution in [0.2, 0.25) is 0 Å². The lowest BCUT2D eigenvalue weighted by molar-refractivity contribution is -0.115. The van der Waals surface area contributed by atoms with E-state index in [4.69, 9.17) is 0 Å². The summed E-state index contributed by atoms with van der Waals surface area (Å²) >= 11 is 0. The van der Waals surface area contributed by atoms with E-state index in [0.717, 1.165) is 24.0 Å². The zero-order chi connectivity index (χ0) is 21.8.